The third-order valence-electron chi connectivity index (χ3n) is 3.34. The number of furan rings is 1. The molecule has 0 aliphatic rings. The van der Waals surface area contributed by atoms with Gasteiger partial charge in [0.15, 0.2) is 5.78 Å². The molecule has 8 heteroatoms. The van der Waals surface area contributed by atoms with Crippen LogP contribution in [0.1, 0.15) is 21.9 Å². The fraction of sp³-hybridized carbons (Fsp3) is 0.0588. The molecule has 0 aliphatic heterocycles. The van der Waals surface area contributed by atoms with Gasteiger partial charge < -0.3 is 14.5 Å². The Balaban J connectivity index is 1.65. The molecule has 0 spiro atoms. The summed E-state index contributed by atoms with van der Waals surface area (Å²) in [6.45, 7) is 0.230. The molecule has 0 saturated heterocycles. The van der Waals surface area contributed by atoms with Crippen LogP contribution in [-0.2, 0) is 6.54 Å². The second kappa shape index (κ2) is 6.91. The number of rotatable bonds is 6. The van der Waals surface area contributed by atoms with E-state index in [9.17, 15) is 19.3 Å². The Morgan fingerprint density at radius 2 is 2.00 bits per heavy atom. The van der Waals surface area contributed by atoms with Crippen LogP contribution in [0.2, 0.25) is 0 Å². The fourth-order valence-electron chi connectivity index (χ4n) is 2.13. The zero-order chi connectivity index (χ0) is 17.8. The van der Waals surface area contributed by atoms with Crippen LogP contribution in [0.15, 0.2) is 59.2 Å². The molecule has 25 heavy (non-hydrogen) atoms. The molecule has 0 fully saturated rings. The Morgan fingerprint density at radius 1 is 1.24 bits per heavy atom. The normalized spacial score (nSPS) is 11.1. The summed E-state index contributed by atoms with van der Waals surface area (Å²) in [4.78, 5) is 22.0. The van der Waals surface area contributed by atoms with Gasteiger partial charge in [0.25, 0.3) is 0 Å². The van der Waals surface area contributed by atoms with Crippen LogP contribution in [0.4, 0.5) is 10.2 Å². The Kier molecular flexibility index (Phi) is 4.51. The van der Waals surface area contributed by atoms with Gasteiger partial charge in [0.1, 0.15) is 23.9 Å². The first-order valence-corrected chi connectivity index (χ1v) is 7.26. The molecule has 2 heterocycles. The van der Waals surface area contributed by atoms with Crippen LogP contribution in [-0.4, -0.2) is 20.5 Å². The van der Waals surface area contributed by atoms with Crippen LogP contribution in [0.3, 0.4) is 0 Å². The molecule has 126 valence electrons. The predicted molar refractivity (Wildman–Crippen MR) is 86.5 cm³/mol. The number of benzene rings is 1. The minimum atomic E-state index is -0.576. The van der Waals surface area contributed by atoms with Crippen molar-refractivity contribution in [1.82, 2.24) is 9.78 Å². The molecular formula is C17H12FN3O4. The Hall–Kier alpha value is -3.55. The molecule has 0 saturated carbocycles. The Bertz CT molecular complexity index is 941. The van der Waals surface area contributed by atoms with Gasteiger partial charge in [-0.1, -0.05) is 0 Å². The highest BCUT2D eigenvalue weighted by atomic mass is 19.1. The molecule has 0 unspecified atom stereocenters. The monoisotopic (exact) mass is 341 g/mol. The van der Waals surface area contributed by atoms with Crippen LogP contribution in [0.5, 0.6) is 0 Å². The molecule has 1 aromatic carbocycles. The van der Waals surface area contributed by atoms with Gasteiger partial charge in [0, 0.05) is 5.56 Å². The Morgan fingerprint density at radius 3 is 2.68 bits per heavy atom. The summed E-state index contributed by atoms with van der Waals surface area (Å²) in [5, 5.41) is 14.4. The van der Waals surface area contributed by atoms with Gasteiger partial charge in [-0.2, -0.15) is 4.68 Å². The molecule has 0 bridgehead atoms. The molecule has 0 N–H and O–H groups in total. The summed E-state index contributed by atoms with van der Waals surface area (Å²) in [7, 11) is 0. The molecule has 0 radical (unpaired) electrons. The highest BCUT2D eigenvalue weighted by Crippen LogP contribution is 2.13. The maximum absolute atomic E-state index is 12.8. The zero-order valence-electron chi connectivity index (χ0n) is 12.8. The van der Waals surface area contributed by atoms with Crippen LogP contribution >= 0.6 is 0 Å². The van der Waals surface area contributed by atoms with E-state index in [-0.39, 0.29) is 18.1 Å². The van der Waals surface area contributed by atoms with Crippen molar-refractivity contribution in [3.63, 3.8) is 0 Å². The van der Waals surface area contributed by atoms with E-state index in [1.54, 1.807) is 12.1 Å². The number of hydrogen-bond donors (Lipinski definition) is 0. The number of nitro groups is 1. The van der Waals surface area contributed by atoms with Crippen molar-refractivity contribution >= 4 is 17.7 Å². The van der Waals surface area contributed by atoms with Crippen molar-refractivity contribution in [3.05, 3.63) is 87.8 Å². The number of allylic oxidation sites excluding steroid dienone is 1. The standard InChI is InChI=1S/C17H12FN3O4/c18-13-3-1-12(2-4-13)16(22)8-7-14-5-6-15(25-14)11-20-10-9-17(19-20)21(23)24/h1-10H,11H2/b8-7+. The van der Waals surface area contributed by atoms with E-state index in [2.05, 4.69) is 5.10 Å². The number of hydrogen-bond acceptors (Lipinski definition) is 5. The lowest BCUT2D eigenvalue weighted by Gasteiger charge is -1.95. The van der Waals surface area contributed by atoms with E-state index in [0.717, 1.165) is 0 Å². The van der Waals surface area contributed by atoms with Crippen LogP contribution in [0.25, 0.3) is 6.08 Å². The summed E-state index contributed by atoms with van der Waals surface area (Å²) in [5.41, 5.74) is 0.369. The maximum atomic E-state index is 12.8. The highest BCUT2D eigenvalue weighted by Gasteiger charge is 2.12. The van der Waals surface area contributed by atoms with Crippen molar-refractivity contribution in [3.8, 4) is 0 Å². The van der Waals surface area contributed by atoms with Gasteiger partial charge in [-0.05, 0) is 53.5 Å². The van der Waals surface area contributed by atoms with E-state index in [1.807, 2.05) is 0 Å². The topological polar surface area (TPSA) is 91.2 Å². The average Bonchev–Trinajstić information content (AvgIpc) is 3.23. The van der Waals surface area contributed by atoms with E-state index >= 15 is 0 Å². The third-order valence-corrected chi connectivity index (χ3v) is 3.34. The molecule has 3 rings (SSSR count). The van der Waals surface area contributed by atoms with Crippen LogP contribution < -0.4 is 0 Å². The summed E-state index contributed by atoms with van der Waals surface area (Å²) < 4.78 is 19.8. The van der Waals surface area contributed by atoms with Crippen molar-refractivity contribution < 1.29 is 18.5 Å². The number of carbonyl (C=O) groups excluding carboxylic acids is 1. The number of nitrogens with zero attached hydrogens (tertiary/aromatic N) is 3. The first-order valence-electron chi connectivity index (χ1n) is 7.26. The minimum absolute atomic E-state index is 0.230. The lowest BCUT2D eigenvalue weighted by atomic mass is 10.1. The SMILES string of the molecule is O=C(/C=C/c1ccc(Cn2ccc([N+](=O)[O-])n2)o1)c1ccc(F)cc1. The van der Waals surface area contributed by atoms with Gasteiger partial charge in [-0.3, -0.25) is 4.79 Å². The lowest BCUT2D eigenvalue weighted by Crippen LogP contribution is -2.00. The van der Waals surface area contributed by atoms with Crippen molar-refractivity contribution in [1.29, 1.82) is 0 Å². The molecule has 0 aliphatic carbocycles. The largest absolute Gasteiger partial charge is 0.460 e. The van der Waals surface area contributed by atoms with E-state index < -0.39 is 10.7 Å². The Labute approximate surface area is 141 Å². The minimum Gasteiger partial charge on any atom is -0.460 e. The van der Waals surface area contributed by atoms with Gasteiger partial charge in [0.2, 0.25) is 0 Å². The predicted octanol–water partition coefficient (Wildman–Crippen LogP) is 3.47. The quantitative estimate of drug-likeness (QED) is 0.296. The first kappa shape index (κ1) is 16.3. The fourth-order valence-corrected chi connectivity index (χ4v) is 2.13. The zero-order valence-corrected chi connectivity index (χ0v) is 12.8. The van der Waals surface area contributed by atoms with Gasteiger partial charge in [-0.15, -0.1) is 0 Å². The summed E-state index contributed by atoms with van der Waals surface area (Å²) in [6.07, 6.45) is 4.31. The first-order chi connectivity index (χ1) is 12.0. The summed E-state index contributed by atoms with van der Waals surface area (Å²) in [5.74, 6) is 0.0614. The van der Waals surface area contributed by atoms with Crippen molar-refractivity contribution in [2.45, 2.75) is 6.54 Å². The molecule has 2 aromatic heterocycles. The number of aromatic nitrogens is 2. The van der Waals surface area contributed by atoms with E-state index in [1.165, 1.54) is 53.4 Å². The molecule has 0 atom stereocenters. The van der Waals surface area contributed by atoms with Crippen LogP contribution in [0, 0.1) is 15.9 Å². The smallest absolute Gasteiger partial charge is 0.389 e. The number of ketones is 1. The highest BCUT2D eigenvalue weighted by molar-refractivity contribution is 6.06. The van der Waals surface area contributed by atoms with Gasteiger partial charge >= 0.3 is 5.82 Å². The number of halogens is 1. The molecular weight excluding hydrogens is 329 g/mol. The summed E-state index contributed by atoms with van der Waals surface area (Å²) in [6, 6.07) is 9.90. The second-order valence-electron chi connectivity index (χ2n) is 5.14. The molecule has 3 aromatic rings. The van der Waals surface area contributed by atoms with Gasteiger partial charge in [-0.25, -0.2) is 4.39 Å². The van der Waals surface area contributed by atoms with Crippen molar-refractivity contribution in [2.75, 3.05) is 0 Å². The lowest BCUT2D eigenvalue weighted by molar-refractivity contribution is -0.389. The second-order valence-corrected chi connectivity index (χ2v) is 5.14. The van der Waals surface area contributed by atoms with E-state index in [4.69, 9.17) is 4.42 Å². The van der Waals surface area contributed by atoms with Crippen molar-refractivity contribution in [2.24, 2.45) is 0 Å². The maximum Gasteiger partial charge on any atom is 0.389 e. The van der Waals surface area contributed by atoms with E-state index in [0.29, 0.717) is 17.1 Å². The number of carbonyl (C=O) groups is 1. The molecule has 7 nitrogen and oxygen atoms in total. The summed E-state index contributed by atoms with van der Waals surface area (Å²) >= 11 is 0. The van der Waals surface area contributed by atoms with Gasteiger partial charge in [0.05, 0.1) is 17.4 Å². The molecule has 0 amide bonds. The average molecular weight is 341 g/mol. The third kappa shape index (κ3) is 4.05.